The van der Waals surface area contributed by atoms with E-state index in [9.17, 15) is 13.2 Å². The van der Waals surface area contributed by atoms with E-state index in [2.05, 4.69) is 6.58 Å². The van der Waals surface area contributed by atoms with Crippen molar-refractivity contribution in [1.29, 1.82) is 0 Å². The van der Waals surface area contributed by atoms with Gasteiger partial charge in [-0.05, 0) is 17.7 Å². The molecule has 0 aromatic heterocycles. The van der Waals surface area contributed by atoms with E-state index in [4.69, 9.17) is 4.74 Å². The van der Waals surface area contributed by atoms with Crippen LogP contribution >= 0.6 is 0 Å². The molecule has 120 valence electrons. The van der Waals surface area contributed by atoms with Crippen LogP contribution in [0.4, 0.5) is 0 Å². The van der Waals surface area contributed by atoms with E-state index in [1.165, 1.54) is 25.3 Å². The van der Waals surface area contributed by atoms with Crippen LogP contribution in [0.3, 0.4) is 0 Å². The quantitative estimate of drug-likeness (QED) is 0.603. The van der Waals surface area contributed by atoms with Crippen molar-refractivity contribution >= 4 is 15.8 Å². The first-order chi connectivity index (χ1) is 11.0. The summed E-state index contributed by atoms with van der Waals surface area (Å²) in [7, 11) is -2.74. The molecule has 2 atom stereocenters. The molecule has 0 N–H and O–H groups in total. The van der Waals surface area contributed by atoms with E-state index in [0.717, 1.165) is 0 Å². The second kappa shape index (κ2) is 7.24. The largest absolute Gasteiger partial charge is 0.468 e. The van der Waals surface area contributed by atoms with E-state index in [1.807, 2.05) is 6.07 Å². The van der Waals surface area contributed by atoms with Gasteiger partial charge in [0.25, 0.3) is 0 Å². The molecule has 0 unspecified atom stereocenters. The zero-order valence-electron chi connectivity index (χ0n) is 12.8. The molecule has 23 heavy (non-hydrogen) atoms. The summed E-state index contributed by atoms with van der Waals surface area (Å²) >= 11 is 0. The van der Waals surface area contributed by atoms with Crippen molar-refractivity contribution in [2.24, 2.45) is 0 Å². The number of allylic oxidation sites excluding steroid dienone is 1. The molecule has 2 aromatic rings. The highest BCUT2D eigenvalue weighted by Gasteiger charge is 2.40. The second-order valence-corrected chi connectivity index (χ2v) is 7.04. The first-order valence-electron chi connectivity index (χ1n) is 7.06. The van der Waals surface area contributed by atoms with Crippen LogP contribution in [0.5, 0.6) is 0 Å². The predicted molar refractivity (Wildman–Crippen MR) is 88.8 cm³/mol. The number of carbonyl (C=O) groups is 1. The van der Waals surface area contributed by atoms with Crippen LogP contribution < -0.4 is 0 Å². The number of methoxy groups -OCH3 is 1. The molecule has 0 amide bonds. The van der Waals surface area contributed by atoms with Gasteiger partial charge < -0.3 is 4.74 Å². The molecular formula is C18H18O4S. The van der Waals surface area contributed by atoms with Gasteiger partial charge in [-0.15, -0.1) is 6.58 Å². The molecule has 5 heteroatoms. The Kier molecular flexibility index (Phi) is 5.34. The summed E-state index contributed by atoms with van der Waals surface area (Å²) < 4.78 is 30.7. The summed E-state index contributed by atoms with van der Waals surface area (Å²) in [5.74, 6) is -1.50. The normalized spacial score (nSPS) is 13.8. The van der Waals surface area contributed by atoms with E-state index < -0.39 is 27.0 Å². The maximum Gasteiger partial charge on any atom is 0.325 e. The second-order valence-electron chi connectivity index (χ2n) is 4.97. The molecule has 0 radical (unpaired) electrons. The van der Waals surface area contributed by atoms with Gasteiger partial charge in [0.15, 0.2) is 15.1 Å². The lowest BCUT2D eigenvalue weighted by molar-refractivity contribution is -0.140. The third kappa shape index (κ3) is 3.51. The zero-order chi connectivity index (χ0) is 16.9. The smallest absolute Gasteiger partial charge is 0.325 e. The highest BCUT2D eigenvalue weighted by atomic mass is 32.2. The third-order valence-corrected chi connectivity index (χ3v) is 5.69. The Hall–Kier alpha value is -2.40. The molecule has 2 rings (SSSR count). The monoisotopic (exact) mass is 330 g/mol. The maximum absolute atomic E-state index is 13.0. The maximum atomic E-state index is 13.0. The fraction of sp³-hybridized carbons (Fsp3) is 0.167. The van der Waals surface area contributed by atoms with Gasteiger partial charge >= 0.3 is 5.97 Å². The number of benzene rings is 2. The van der Waals surface area contributed by atoms with Crippen LogP contribution in [0.15, 0.2) is 78.2 Å². The van der Waals surface area contributed by atoms with Crippen LogP contribution in [0.2, 0.25) is 0 Å². The van der Waals surface area contributed by atoms with Crippen molar-refractivity contribution in [3.05, 3.63) is 78.9 Å². The average molecular weight is 330 g/mol. The topological polar surface area (TPSA) is 60.4 Å². The molecule has 0 saturated heterocycles. The Balaban J connectivity index is 2.57. The predicted octanol–water partition coefficient (Wildman–Crippen LogP) is 2.97. The first-order valence-corrected chi connectivity index (χ1v) is 8.61. The third-order valence-electron chi connectivity index (χ3n) is 3.60. The Labute approximate surface area is 136 Å². The standard InChI is InChI=1S/C18H18O4S/c1-3-16(14-10-6-4-7-11-14)17(18(19)22-2)23(20,21)15-12-8-5-9-13-15/h3-13,16-17H,1H2,2H3/t16-,17-/m1/s1. The van der Waals surface area contributed by atoms with Gasteiger partial charge in [-0.2, -0.15) is 0 Å². The van der Waals surface area contributed by atoms with Crippen molar-refractivity contribution in [2.75, 3.05) is 7.11 Å². The summed E-state index contributed by atoms with van der Waals surface area (Å²) in [5, 5.41) is -1.38. The molecule has 0 aliphatic carbocycles. The van der Waals surface area contributed by atoms with E-state index in [1.54, 1.807) is 42.5 Å². The van der Waals surface area contributed by atoms with E-state index in [-0.39, 0.29) is 4.90 Å². The Morgan fingerprint density at radius 2 is 1.57 bits per heavy atom. The molecule has 0 fully saturated rings. The van der Waals surface area contributed by atoms with Crippen molar-refractivity contribution in [3.8, 4) is 0 Å². The molecule has 0 saturated carbocycles. The molecule has 0 bridgehead atoms. The van der Waals surface area contributed by atoms with Crippen molar-refractivity contribution in [3.63, 3.8) is 0 Å². The van der Waals surface area contributed by atoms with Crippen molar-refractivity contribution in [1.82, 2.24) is 0 Å². The molecule has 0 spiro atoms. The van der Waals surface area contributed by atoms with E-state index >= 15 is 0 Å². The van der Waals surface area contributed by atoms with Gasteiger partial charge in [-0.25, -0.2) is 8.42 Å². The van der Waals surface area contributed by atoms with Gasteiger partial charge in [-0.1, -0.05) is 54.6 Å². The number of hydrogen-bond donors (Lipinski definition) is 0. The van der Waals surface area contributed by atoms with Crippen molar-refractivity contribution in [2.45, 2.75) is 16.1 Å². The molecule has 2 aromatic carbocycles. The first kappa shape index (κ1) is 17.0. The van der Waals surface area contributed by atoms with Gasteiger partial charge in [-0.3, -0.25) is 4.79 Å². The lowest BCUT2D eigenvalue weighted by Crippen LogP contribution is -2.36. The summed E-state index contributed by atoms with van der Waals surface area (Å²) in [6.45, 7) is 3.71. The van der Waals surface area contributed by atoms with Crippen LogP contribution in [0.25, 0.3) is 0 Å². The summed E-state index contributed by atoms with van der Waals surface area (Å²) in [5.41, 5.74) is 0.692. The average Bonchev–Trinajstić information content (AvgIpc) is 2.60. The van der Waals surface area contributed by atoms with Gasteiger partial charge in [0.2, 0.25) is 0 Å². The molecule has 0 aliphatic heterocycles. The number of esters is 1. The highest BCUT2D eigenvalue weighted by Crippen LogP contribution is 2.30. The van der Waals surface area contributed by atoms with Gasteiger partial charge in [0, 0.05) is 5.92 Å². The minimum atomic E-state index is -3.92. The summed E-state index contributed by atoms with van der Waals surface area (Å²) in [4.78, 5) is 12.3. The van der Waals surface area contributed by atoms with Crippen LogP contribution in [-0.4, -0.2) is 26.7 Å². The van der Waals surface area contributed by atoms with Crippen LogP contribution in [0.1, 0.15) is 11.5 Å². The minimum Gasteiger partial charge on any atom is -0.468 e. The van der Waals surface area contributed by atoms with Crippen LogP contribution in [0, 0.1) is 0 Å². The Morgan fingerprint density at radius 1 is 1.04 bits per heavy atom. The number of ether oxygens (including phenoxy) is 1. The minimum absolute atomic E-state index is 0.0816. The zero-order valence-corrected chi connectivity index (χ0v) is 13.6. The van der Waals surface area contributed by atoms with Gasteiger partial charge in [0.05, 0.1) is 12.0 Å². The fourth-order valence-corrected chi connectivity index (χ4v) is 4.28. The number of carbonyl (C=O) groups excluding carboxylic acids is 1. The molecule has 0 heterocycles. The lowest BCUT2D eigenvalue weighted by atomic mass is 9.95. The number of rotatable bonds is 6. The van der Waals surface area contributed by atoms with Crippen LogP contribution in [-0.2, 0) is 19.4 Å². The Morgan fingerprint density at radius 3 is 2.04 bits per heavy atom. The molecular weight excluding hydrogens is 312 g/mol. The lowest BCUT2D eigenvalue weighted by Gasteiger charge is -2.23. The Bertz CT molecular complexity index is 767. The molecule has 0 aliphatic rings. The fourth-order valence-electron chi connectivity index (χ4n) is 2.45. The number of hydrogen-bond acceptors (Lipinski definition) is 4. The summed E-state index contributed by atoms with van der Waals surface area (Å²) in [6.07, 6.45) is 1.47. The highest BCUT2D eigenvalue weighted by molar-refractivity contribution is 7.92. The summed E-state index contributed by atoms with van der Waals surface area (Å²) in [6, 6.07) is 16.8. The SMILES string of the molecule is C=C[C@H](c1ccccc1)[C@H](C(=O)OC)S(=O)(=O)c1ccccc1. The number of sulfone groups is 1. The van der Waals surface area contributed by atoms with Gasteiger partial charge in [0.1, 0.15) is 0 Å². The molecule has 4 nitrogen and oxygen atoms in total. The van der Waals surface area contributed by atoms with Crippen molar-refractivity contribution < 1.29 is 17.9 Å². The van der Waals surface area contributed by atoms with E-state index in [0.29, 0.717) is 5.56 Å².